The molecule has 8 heteroatoms. The fraction of sp³-hybridized carbons (Fsp3) is 0.176. The largest absolute Gasteiger partial charge is 0.271 e. The number of halogens is 1. The van der Waals surface area contributed by atoms with Crippen LogP contribution in [0.4, 0.5) is 10.1 Å². The van der Waals surface area contributed by atoms with Crippen molar-refractivity contribution in [1.29, 1.82) is 0 Å². The monoisotopic (exact) mass is 363 g/mol. The van der Waals surface area contributed by atoms with Crippen molar-refractivity contribution in [3.8, 4) is 0 Å². The van der Waals surface area contributed by atoms with Crippen molar-refractivity contribution in [3.05, 3.63) is 66.0 Å². The van der Waals surface area contributed by atoms with Crippen LogP contribution in [0.5, 0.6) is 0 Å². The Labute approximate surface area is 146 Å². The number of carbonyl (C=O) groups is 1. The van der Waals surface area contributed by atoms with Crippen LogP contribution in [0.2, 0.25) is 0 Å². The summed E-state index contributed by atoms with van der Waals surface area (Å²) in [4.78, 5) is 12.1. The van der Waals surface area contributed by atoms with Crippen LogP contribution in [0.25, 0.3) is 0 Å². The highest BCUT2D eigenvalue weighted by Crippen LogP contribution is 2.16. The summed E-state index contributed by atoms with van der Waals surface area (Å²) in [6.07, 6.45) is 1.03. The number of benzene rings is 2. The van der Waals surface area contributed by atoms with Crippen LogP contribution in [-0.2, 0) is 14.8 Å². The van der Waals surface area contributed by atoms with Crippen molar-refractivity contribution < 1.29 is 17.6 Å². The number of nitrogens with one attached hydrogen (secondary N) is 1. The van der Waals surface area contributed by atoms with Crippen LogP contribution in [-0.4, -0.2) is 32.8 Å². The molecule has 0 fully saturated rings. The quantitative estimate of drug-likeness (QED) is 0.631. The Bertz CT molecular complexity index is 866. The molecule has 0 bridgehead atoms. The smallest absolute Gasteiger partial charge is 0.260 e. The van der Waals surface area contributed by atoms with Crippen LogP contribution >= 0.6 is 0 Å². The second-order valence-corrected chi connectivity index (χ2v) is 7.25. The zero-order valence-corrected chi connectivity index (χ0v) is 14.6. The van der Waals surface area contributed by atoms with Crippen LogP contribution in [0.15, 0.2) is 59.7 Å². The molecule has 0 aromatic heterocycles. The van der Waals surface area contributed by atoms with Gasteiger partial charge in [0, 0.05) is 0 Å². The maximum absolute atomic E-state index is 12.9. The Morgan fingerprint density at radius 3 is 2.28 bits per heavy atom. The van der Waals surface area contributed by atoms with E-state index >= 15 is 0 Å². The molecular formula is C17H18FN3O3S. The number of hydrazone groups is 1. The first-order valence-corrected chi connectivity index (χ1v) is 9.24. The third kappa shape index (κ3) is 5.39. The molecular weight excluding hydrogens is 345 g/mol. The molecule has 6 nitrogen and oxygen atoms in total. The van der Waals surface area contributed by atoms with Gasteiger partial charge in [-0.1, -0.05) is 30.3 Å². The van der Waals surface area contributed by atoms with Crippen LogP contribution in [0.3, 0.4) is 0 Å². The number of anilines is 1. The van der Waals surface area contributed by atoms with Gasteiger partial charge in [0.15, 0.2) is 0 Å². The predicted octanol–water partition coefficient (Wildman–Crippen LogP) is 2.13. The van der Waals surface area contributed by atoms with Gasteiger partial charge < -0.3 is 0 Å². The van der Waals surface area contributed by atoms with E-state index in [0.29, 0.717) is 17.0 Å². The second kappa shape index (κ2) is 7.89. The Morgan fingerprint density at radius 1 is 1.12 bits per heavy atom. The fourth-order valence-corrected chi connectivity index (χ4v) is 2.92. The molecule has 0 unspecified atom stereocenters. The van der Waals surface area contributed by atoms with E-state index in [9.17, 15) is 17.6 Å². The predicted molar refractivity (Wildman–Crippen MR) is 95.4 cm³/mol. The average Bonchev–Trinajstić information content (AvgIpc) is 2.58. The Morgan fingerprint density at radius 2 is 1.72 bits per heavy atom. The molecule has 2 rings (SSSR count). The summed E-state index contributed by atoms with van der Waals surface area (Å²) in [6, 6.07) is 14.0. The van der Waals surface area contributed by atoms with Gasteiger partial charge >= 0.3 is 0 Å². The van der Waals surface area contributed by atoms with Gasteiger partial charge in [-0.25, -0.2) is 18.2 Å². The molecule has 2 aromatic rings. The van der Waals surface area contributed by atoms with Crippen molar-refractivity contribution >= 4 is 27.3 Å². The van der Waals surface area contributed by atoms with E-state index in [1.807, 2.05) is 0 Å². The maximum Gasteiger partial charge on any atom is 0.260 e. The lowest BCUT2D eigenvalue weighted by atomic mass is 10.1. The molecule has 2 aromatic carbocycles. The van der Waals surface area contributed by atoms with Gasteiger partial charge in [0.05, 0.1) is 17.7 Å². The Balaban J connectivity index is 2.09. The molecule has 0 radical (unpaired) electrons. The molecule has 0 saturated carbocycles. The molecule has 0 aliphatic carbocycles. The first-order chi connectivity index (χ1) is 11.8. The molecule has 0 atom stereocenters. The van der Waals surface area contributed by atoms with Gasteiger partial charge in [0.1, 0.15) is 12.4 Å². The highest BCUT2D eigenvalue weighted by molar-refractivity contribution is 7.92. The number of carbonyl (C=O) groups excluding carboxylic acids is 1. The first-order valence-electron chi connectivity index (χ1n) is 7.39. The lowest BCUT2D eigenvalue weighted by Crippen LogP contribution is -2.39. The standard InChI is InChI=1S/C17H18FN3O3S/c1-13(14-8-10-15(18)11-9-14)19-20-17(22)12-21(25(2,23)24)16-6-4-3-5-7-16/h3-11H,12H2,1-2H3,(H,20,22)/b19-13-. The number of sulfonamides is 1. The van der Waals surface area contributed by atoms with E-state index in [4.69, 9.17) is 0 Å². The maximum atomic E-state index is 12.9. The minimum atomic E-state index is -3.63. The molecule has 0 aliphatic heterocycles. The van der Waals surface area contributed by atoms with Crippen molar-refractivity contribution in [2.45, 2.75) is 6.92 Å². The summed E-state index contributed by atoms with van der Waals surface area (Å²) in [6.45, 7) is 1.25. The lowest BCUT2D eigenvalue weighted by Gasteiger charge is -2.21. The summed E-state index contributed by atoms with van der Waals surface area (Å²) in [5, 5.41) is 3.93. The topological polar surface area (TPSA) is 78.8 Å². The third-order valence-corrected chi connectivity index (χ3v) is 4.48. The number of hydrogen-bond donors (Lipinski definition) is 1. The number of para-hydroxylation sites is 1. The molecule has 0 spiro atoms. The van der Waals surface area contributed by atoms with Gasteiger partial charge in [-0.05, 0) is 36.8 Å². The summed E-state index contributed by atoms with van der Waals surface area (Å²) >= 11 is 0. The van der Waals surface area contributed by atoms with Crippen molar-refractivity contribution in [3.63, 3.8) is 0 Å². The molecule has 0 heterocycles. The zero-order chi connectivity index (χ0) is 18.4. The van der Waals surface area contributed by atoms with Crippen LogP contribution < -0.4 is 9.73 Å². The highest BCUT2D eigenvalue weighted by Gasteiger charge is 2.20. The second-order valence-electron chi connectivity index (χ2n) is 5.34. The van der Waals surface area contributed by atoms with Crippen molar-refractivity contribution in [2.75, 3.05) is 17.1 Å². The molecule has 1 N–H and O–H groups in total. The SMILES string of the molecule is C/C(=N/NC(=O)CN(c1ccccc1)S(C)(=O)=O)c1ccc(F)cc1. The van der Waals surface area contributed by atoms with Gasteiger partial charge in [0.2, 0.25) is 10.0 Å². The lowest BCUT2D eigenvalue weighted by molar-refractivity contribution is -0.119. The number of hydrogen-bond acceptors (Lipinski definition) is 4. The third-order valence-electron chi connectivity index (χ3n) is 3.34. The first kappa shape index (κ1) is 18.6. The van der Waals surface area contributed by atoms with Gasteiger partial charge in [0.25, 0.3) is 5.91 Å². The van der Waals surface area contributed by atoms with E-state index in [-0.39, 0.29) is 5.82 Å². The number of nitrogens with zero attached hydrogens (tertiary/aromatic N) is 2. The normalized spacial score (nSPS) is 11.9. The molecule has 0 saturated heterocycles. The summed E-state index contributed by atoms with van der Waals surface area (Å²) in [7, 11) is -3.63. The van der Waals surface area contributed by atoms with E-state index < -0.39 is 22.5 Å². The van der Waals surface area contributed by atoms with Crippen LogP contribution in [0.1, 0.15) is 12.5 Å². The molecule has 25 heavy (non-hydrogen) atoms. The molecule has 1 amide bonds. The Hall–Kier alpha value is -2.74. The Kier molecular flexibility index (Phi) is 5.87. The van der Waals surface area contributed by atoms with Crippen molar-refractivity contribution in [1.82, 2.24) is 5.43 Å². The van der Waals surface area contributed by atoms with Gasteiger partial charge in [-0.2, -0.15) is 5.10 Å². The highest BCUT2D eigenvalue weighted by atomic mass is 32.2. The van der Waals surface area contributed by atoms with Crippen LogP contribution in [0, 0.1) is 5.82 Å². The minimum Gasteiger partial charge on any atom is -0.271 e. The van der Waals surface area contributed by atoms with E-state index in [2.05, 4.69) is 10.5 Å². The summed E-state index contributed by atoms with van der Waals surface area (Å²) in [5.74, 6) is -0.956. The van der Waals surface area contributed by atoms with E-state index in [0.717, 1.165) is 10.6 Å². The van der Waals surface area contributed by atoms with Gasteiger partial charge in [-0.15, -0.1) is 0 Å². The summed E-state index contributed by atoms with van der Waals surface area (Å²) in [5.41, 5.74) is 3.82. The van der Waals surface area contributed by atoms with Crippen molar-refractivity contribution in [2.24, 2.45) is 5.10 Å². The average molecular weight is 363 g/mol. The fourth-order valence-electron chi connectivity index (χ4n) is 2.06. The minimum absolute atomic E-state index is 0.368. The number of amides is 1. The zero-order valence-electron chi connectivity index (χ0n) is 13.8. The van der Waals surface area contributed by atoms with Gasteiger partial charge in [-0.3, -0.25) is 9.10 Å². The number of rotatable bonds is 6. The molecule has 132 valence electrons. The summed E-state index contributed by atoms with van der Waals surface area (Å²) < 4.78 is 37.8. The van der Waals surface area contributed by atoms with E-state index in [1.54, 1.807) is 37.3 Å². The molecule has 0 aliphatic rings. The van der Waals surface area contributed by atoms with E-state index in [1.165, 1.54) is 24.3 Å².